The van der Waals surface area contributed by atoms with Crippen LogP contribution in [0.1, 0.15) is 22.5 Å². The molecule has 2 unspecified atom stereocenters. The number of carbonyl (C=O) groups is 1. The Balaban J connectivity index is 1.70. The molecule has 0 saturated carbocycles. The van der Waals surface area contributed by atoms with Crippen LogP contribution in [0.4, 0.5) is 10.2 Å². The number of aromatic carboxylic acids is 1. The molecular weight excluding hydrogens is 377 g/mol. The van der Waals surface area contributed by atoms with E-state index in [4.69, 9.17) is 0 Å². The van der Waals surface area contributed by atoms with Crippen LogP contribution in [0.5, 0.6) is 0 Å². The van der Waals surface area contributed by atoms with E-state index in [2.05, 4.69) is 15.3 Å². The van der Waals surface area contributed by atoms with Crippen molar-refractivity contribution < 1.29 is 14.3 Å². The van der Waals surface area contributed by atoms with Gasteiger partial charge in [0.05, 0.1) is 17.6 Å². The molecule has 3 aromatic heterocycles. The highest BCUT2D eigenvalue weighted by Gasteiger charge is 2.39. The maximum Gasteiger partial charge on any atom is 0.341 e. The third-order valence-corrected chi connectivity index (χ3v) is 5.60. The molecule has 9 heteroatoms. The van der Waals surface area contributed by atoms with E-state index in [9.17, 15) is 19.1 Å². The number of nitrogens with one attached hydrogen (secondary N) is 1. The van der Waals surface area contributed by atoms with Gasteiger partial charge in [-0.25, -0.2) is 14.2 Å². The Morgan fingerprint density at radius 2 is 2.24 bits per heavy atom. The van der Waals surface area contributed by atoms with Gasteiger partial charge in [0.25, 0.3) is 0 Å². The van der Waals surface area contributed by atoms with Crippen LogP contribution in [0.3, 0.4) is 0 Å². The van der Waals surface area contributed by atoms with Gasteiger partial charge in [-0.3, -0.25) is 9.78 Å². The molecule has 5 rings (SSSR count). The van der Waals surface area contributed by atoms with Gasteiger partial charge < -0.3 is 19.9 Å². The summed E-state index contributed by atoms with van der Waals surface area (Å²) in [5.41, 5.74) is -0.247. The second-order valence-electron chi connectivity index (χ2n) is 7.44. The molecule has 0 radical (unpaired) electrons. The summed E-state index contributed by atoms with van der Waals surface area (Å²) in [6, 6.07) is 6.96. The molecule has 0 spiro atoms. The van der Waals surface area contributed by atoms with E-state index in [1.807, 2.05) is 11.0 Å². The van der Waals surface area contributed by atoms with E-state index < -0.39 is 22.8 Å². The Morgan fingerprint density at radius 1 is 1.38 bits per heavy atom. The lowest BCUT2D eigenvalue weighted by molar-refractivity contribution is 0.0695. The summed E-state index contributed by atoms with van der Waals surface area (Å²) in [6.45, 7) is 1.63. The summed E-state index contributed by atoms with van der Waals surface area (Å²) in [7, 11) is 0. The molecule has 2 bridgehead atoms. The van der Waals surface area contributed by atoms with Crippen molar-refractivity contribution >= 4 is 22.8 Å². The predicted octanol–water partition coefficient (Wildman–Crippen LogP) is 1.23. The monoisotopic (exact) mass is 395 g/mol. The summed E-state index contributed by atoms with van der Waals surface area (Å²) >= 11 is 0. The highest BCUT2D eigenvalue weighted by Crippen LogP contribution is 2.31. The molecule has 2 aliphatic rings. The number of carboxylic acids is 1. The van der Waals surface area contributed by atoms with Gasteiger partial charge in [-0.15, -0.1) is 0 Å². The largest absolute Gasteiger partial charge is 0.477 e. The molecule has 5 heterocycles. The van der Waals surface area contributed by atoms with Crippen molar-refractivity contribution in [2.45, 2.75) is 25.0 Å². The van der Waals surface area contributed by atoms with Crippen molar-refractivity contribution in [3.05, 3.63) is 64.0 Å². The first-order chi connectivity index (χ1) is 14.0. The van der Waals surface area contributed by atoms with Gasteiger partial charge in [-0.1, -0.05) is 6.07 Å². The van der Waals surface area contributed by atoms with Crippen molar-refractivity contribution in [1.82, 2.24) is 19.9 Å². The zero-order valence-electron chi connectivity index (χ0n) is 15.4. The molecular formula is C20H18FN5O3. The van der Waals surface area contributed by atoms with Crippen LogP contribution in [-0.2, 0) is 6.54 Å². The Kier molecular flexibility index (Phi) is 4.06. The lowest BCUT2D eigenvalue weighted by atomic mass is 10.1. The van der Waals surface area contributed by atoms with Gasteiger partial charge in [0.15, 0.2) is 11.6 Å². The van der Waals surface area contributed by atoms with E-state index in [0.29, 0.717) is 18.3 Å². The van der Waals surface area contributed by atoms with Gasteiger partial charge in [0, 0.05) is 37.6 Å². The lowest BCUT2D eigenvalue weighted by Crippen LogP contribution is -2.44. The van der Waals surface area contributed by atoms with Gasteiger partial charge in [0.1, 0.15) is 11.2 Å². The third-order valence-electron chi connectivity index (χ3n) is 5.60. The van der Waals surface area contributed by atoms with Gasteiger partial charge in [0.2, 0.25) is 5.43 Å². The smallest absolute Gasteiger partial charge is 0.341 e. The molecule has 0 aliphatic carbocycles. The second kappa shape index (κ2) is 6.63. The van der Waals surface area contributed by atoms with Gasteiger partial charge in [-0.05, 0) is 24.6 Å². The Morgan fingerprint density at radius 3 is 2.90 bits per heavy atom. The lowest BCUT2D eigenvalue weighted by Gasteiger charge is -2.29. The van der Waals surface area contributed by atoms with Crippen molar-refractivity contribution in [3.8, 4) is 0 Å². The number of aromatic nitrogens is 3. The summed E-state index contributed by atoms with van der Waals surface area (Å²) in [5, 5.41) is 12.7. The molecule has 0 aromatic carbocycles. The van der Waals surface area contributed by atoms with Gasteiger partial charge >= 0.3 is 5.97 Å². The van der Waals surface area contributed by atoms with Crippen LogP contribution in [0.2, 0.25) is 0 Å². The summed E-state index contributed by atoms with van der Waals surface area (Å²) in [4.78, 5) is 34.9. The minimum absolute atomic E-state index is 0.0513. The number of carboxylic acid groups (broad SMARTS) is 1. The quantitative estimate of drug-likeness (QED) is 0.685. The minimum Gasteiger partial charge on any atom is -0.477 e. The molecule has 2 N–H and O–H groups in total. The van der Waals surface area contributed by atoms with E-state index in [-0.39, 0.29) is 29.4 Å². The fourth-order valence-electron chi connectivity index (χ4n) is 4.24. The average molecular weight is 395 g/mol. The Hall–Kier alpha value is -3.33. The van der Waals surface area contributed by atoms with Crippen LogP contribution in [0, 0.1) is 5.82 Å². The zero-order chi connectivity index (χ0) is 20.1. The zero-order valence-corrected chi connectivity index (χ0v) is 15.4. The first-order valence-electron chi connectivity index (χ1n) is 9.38. The number of fused-ring (bicyclic) bond motifs is 3. The SMILES string of the molecule is O=C(O)c1cn(Cc2ccccn2)c2nc(N3CC4CC3CN4)c(F)cc2c1=O. The first kappa shape index (κ1) is 17.7. The molecule has 3 aromatic rings. The number of rotatable bonds is 4. The highest BCUT2D eigenvalue weighted by atomic mass is 19.1. The van der Waals surface area contributed by atoms with Crippen molar-refractivity contribution in [1.29, 1.82) is 0 Å². The van der Waals surface area contributed by atoms with Crippen molar-refractivity contribution in [3.63, 3.8) is 0 Å². The number of anilines is 1. The second-order valence-corrected chi connectivity index (χ2v) is 7.44. The number of nitrogens with zero attached hydrogens (tertiary/aromatic N) is 4. The normalized spacial score (nSPS) is 20.5. The van der Waals surface area contributed by atoms with E-state index in [0.717, 1.165) is 19.0 Å². The van der Waals surface area contributed by atoms with Gasteiger partial charge in [-0.2, -0.15) is 0 Å². The van der Waals surface area contributed by atoms with Crippen molar-refractivity contribution in [2.24, 2.45) is 0 Å². The minimum atomic E-state index is -1.36. The molecule has 8 nitrogen and oxygen atoms in total. The summed E-state index contributed by atoms with van der Waals surface area (Å²) < 4.78 is 16.5. The molecule has 148 valence electrons. The number of halogens is 1. The maximum absolute atomic E-state index is 14.9. The van der Waals surface area contributed by atoms with Crippen LogP contribution >= 0.6 is 0 Å². The van der Waals surface area contributed by atoms with Crippen LogP contribution in [0.25, 0.3) is 11.0 Å². The number of hydrogen-bond acceptors (Lipinski definition) is 6. The molecule has 2 fully saturated rings. The third kappa shape index (κ3) is 2.94. The van der Waals surface area contributed by atoms with E-state index >= 15 is 0 Å². The number of piperazine rings is 1. The molecule has 29 heavy (non-hydrogen) atoms. The number of pyridine rings is 3. The highest BCUT2D eigenvalue weighted by molar-refractivity contribution is 5.92. The molecule has 2 saturated heterocycles. The number of hydrogen-bond donors (Lipinski definition) is 2. The van der Waals surface area contributed by atoms with Crippen molar-refractivity contribution in [2.75, 3.05) is 18.0 Å². The van der Waals surface area contributed by atoms with Crippen LogP contribution in [0.15, 0.2) is 41.5 Å². The predicted molar refractivity (Wildman–Crippen MR) is 104 cm³/mol. The topological polar surface area (TPSA) is 100 Å². The Labute approximate surface area is 164 Å². The standard InChI is InChI=1S/C20H18FN5O3/c21-16-6-14-17(27)15(20(28)29)10-25(8-11-3-1-2-4-22-11)18(14)24-19(16)26-9-12-5-13(26)7-23-12/h1-4,6,10,12-13,23H,5,7-9H2,(H,28,29). The Bertz CT molecular complexity index is 1180. The molecule has 2 atom stereocenters. The van der Waals surface area contributed by atoms with Crippen LogP contribution < -0.4 is 15.6 Å². The summed E-state index contributed by atoms with van der Waals surface area (Å²) in [5.74, 6) is -1.78. The van der Waals surface area contributed by atoms with Crippen LogP contribution in [-0.4, -0.2) is 50.8 Å². The average Bonchev–Trinajstić information content (AvgIpc) is 3.34. The summed E-state index contributed by atoms with van der Waals surface area (Å²) in [6.07, 6.45) is 3.82. The van der Waals surface area contributed by atoms with E-state index in [1.54, 1.807) is 22.9 Å². The maximum atomic E-state index is 14.9. The molecule has 0 amide bonds. The fourth-order valence-corrected chi connectivity index (χ4v) is 4.24. The molecule has 2 aliphatic heterocycles. The fraction of sp³-hybridized carbons (Fsp3) is 0.300. The van der Waals surface area contributed by atoms with E-state index in [1.165, 1.54) is 6.20 Å². The first-order valence-corrected chi connectivity index (χ1v) is 9.38.